The average molecular weight is 480 g/mol. The molecule has 0 saturated heterocycles. The molecule has 0 aliphatic heterocycles. The molecule has 8 heteroatoms. The van der Waals surface area contributed by atoms with Gasteiger partial charge in [0.05, 0.1) is 17.2 Å². The first kappa shape index (κ1) is 23.1. The number of anilines is 2. The van der Waals surface area contributed by atoms with Crippen molar-refractivity contribution in [2.75, 3.05) is 24.4 Å². The van der Waals surface area contributed by atoms with Gasteiger partial charge in [-0.25, -0.2) is 0 Å². The number of benzene rings is 3. The van der Waals surface area contributed by atoms with Gasteiger partial charge in [0.2, 0.25) is 0 Å². The molecule has 0 aliphatic carbocycles. The lowest BCUT2D eigenvalue weighted by Gasteiger charge is -2.14. The predicted molar refractivity (Wildman–Crippen MR) is 127 cm³/mol. The summed E-state index contributed by atoms with van der Waals surface area (Å²) in [6.45, 7) is 2.27. The first-order valence-electron chi connectivity index (χ1n) is 9.40. The van der Waals surface area contributed by atoms with Gasteiger partial charge in [0.25, 0.3) is 5.91 Å². The number of methoxy groups -OCH3 is 1. The van der Waals surface area contributed by atoms with Crippen LogP contribution in [0.15, 0.2) is 54.6 Å². The number of hydrogen-bond donors (Lipinski definition) is 2. The van der Waals surface area contributed by atoms with Gasteiger partial charge in [-0.2, -0.15) is 0 Å². The highest BCUT2D eigenvalue weighted by Gasteiger charge is 2.11. The monoisotopic (exact) mass is 478 g/mol. The lowest BCUT2D eigenvalue weighted by molar-refractivity contribution is -0.118. The summed E-state index contributed by atoms with van der Waals surface area (Å²) in [5, 5.41) is 7.61. The summed E-state index contributed by atoms with van der Waals surface area (Å²) in [6.07, 6.45) is 0. The Morgan fingerprint density at radius 3 is 2.48 bits per heavy atom. The number of rotatable bonds is 8. The number of amides is 1. The van der Waals surface area contributed by atoms with Gasteiger partial charge in [-0.3, -0.25) is 4.79 Å². The van der Waals surface area contributed by atoms with Crippen molar-refractivity contribution in [1.29, 1.82) is 0 Å². The molecule has 3 aromatic rings. The van der Waals surface area contributed by atoms with E-state index in [1.165, 1.54) is 0 Å². The van der Waals surface area contributed by atoms with Crippen LogP contribution in [0.25, 0.3) is 0 Å². The SMILES string of the molecule is COc1cc(CNc2ccc(Cl)c(Cl)c2)ccc1OCC(=O)Nc1cc(Cl)ccc1C. The van der Waals surface area contributed by atoms with Crippen LogP contribution in [0.3, 0.4) is 0 Å². The highest BCUT2D eigenvalue weighted by molar-refractivity contribution is 6.42. The second-order valence-corrected chi connectivity index (χ2v) is 8.01. The van der Waals surface area contributed by atoms with Crippen LogP contribution < -0.4 is 20.1 Å². The Hall–Kier alpha value is -2.60. The molecule has 0 bridgehead atoms. The van der Waals surface area contributed by atoms with Crippen LogP contribution in [0.1, 0.15) is 11.1 Å². The van der Waals surface area contributed by atoms with E-state index in [0.29, 0.717) is 38.8 Å². The van der Waals surface area contributed by atoms with Gasteiger partial charge in [-0.1, -0.05) is 46.9 Å². The van der Waals surface area contributed by atoms with E-state index >= 15 is 0 Å². The van der Waals surface area contributed by atoms with Gasteiger partial charge >= 0.3 is 0 Å². The van der Waals surface area contributed by atoms with Crippen molar-refractivity contribution in [3.63, 3.8) is 0 Å². The van der Waals surface area contributed by atoms with Gasteiger partial charge in [0.15, 0.2) is 18.1 Å². The fraction of sp³-hybridized carbons (Fsp3) is 0.174. The third-order valence-corrected chi connectivity index (χ3v) is 5.45. The van der Waals surface area contributed by atoms with Crippen LogP contribution in [0.2, 0.25) is 15.1 Å². The lowest BCUT2D eigenvalue weighted by atomic mass is 10.2. The van der Waals surface area contributed by atoms with E-state index in [-0.39, 0.29) is 12.5 Å². The Balaban J connectivity index is 1.59. The van der Waals surface area contributed by atoms with Crippen molar-refractivity contribution < 1.29 is 14.3 Å². The zero-order chi connectivity index (χ0) is 22.4. The van der Waals surface area contributed by atoms with E-state index in [1.54, 1.807) is 37.4 Å². The van der Waals surface area contributed by atoms with Crippen LogP contribution in [0.5, 0.6) is 11.5 Å². The molecular formula is C23H21Cl3N2O3. The third kappa shape index (κ3) is 6.44. The standard InChI is InChI=1S/C23H21Cl3N2O3/c1-14-3-5-16(24)10-20(14)28-23(29)13-31-21-8-4-15(9-22(21)30-2)12-27-17-6-7-18(25)19(26)11-17/h3-11,27H,12-13H2,1-2H3,(H,28,29). The molecule has 0 radical (unpaired) electrons. The predicted octanol–water partition coefficient (Wildman–Crippen LogP) is 6.59. The molecular weight excluding hydrogens is 459 g/mol. The lowest BCUT2D eigenvalue weighted by Crippen LogP contribution is -2.20. The maximum Gasteiger partial charge on any atom is 0.262 e. The van der Waals surface area contributed by atoms with Gasteiger partial charge in [0, 0.05) is 22.9 Å². The highest BCUT2D eigenvalue weighted by atomic mass is 35.5. The Bertz CT molecular complexity index is 1090. The number of aryl methyl sites for hydroxylation is 1. The van der Waals surface area contributed by atoms with Crippen molar-refractivity contribution in [2.45, 2.75) is 13.5 Å². The van der Waals surface area contributed by atoms with Crippen molar-refractivity contribution in [3.05, 3.63) is 80.8 Å². The molecule has 0 heterocycles. The molecule has 0 saturated carbocycles. The molecule has 0 aromatic heterocycles. The fourth-order valence-corrected chi connectivity index (χ4v) is 3.28. The minimum Gasteiger partial charge on any atom is -0.493 e. The average Bonchev–Trinajstić information content (AvgIpc) is 2.76. The Labute approximate surface area is 196 Å². The van der Waals surface area contributed by atoms with Crippen molar-refractivity contribution in [2.24, 2.45) is 0 Å². The zero-order valence-corrected chi connectivity index (χ0v) is 19.2. The topological polar surface area (TPSA) is 59.6 Å². The first-order valence-corrected chi connectivity index (χ1v) is 10.5. The van der Waals surface area contributed by atoms with E-state index in [2.05, 4.69) is 10.6 Å². The number of ether oxygens (including phenoxy) is 2. The molecule has 0 aliphatic rings. The van der Waals surface area contributed by atoms with Crippen LogP contribution in [0.4, 0.5) is 11.4 Å². The number of carbonyl (C=O) groups excluding carboxylic acids is 1. The van der Waals surface area contributed by atoms with Gasteiger partial charge in [-0.05, 0) is 60.5 Å². The molecule has 1 amide bonds. The number of hydrogen-bond acceptors (Lipinski definition) is 4. The van der Waals surface area contributed by atoms with Gasteiger partial charge in [0.1, 0.15) is 0 Å². The Kier molecular flexibility index (Phi) is 7.91. The zero-order valence-electron chi connectivity index (χ0n) is 17.0. The second kappa shape index (κ2) is 10.6. The molecule has 0 spiro atoms. The number of carbonyl (C=O) groups is 1. The molecule has 0 fully saturated rings. The summed E-state index contributed by atoms with van der Waals surface area (Å²) in [5.74, 6) is 0.705. The van der Waals surface area contributed by atoms with E-state index < -0.39 is 0 Å². The van der Waals surface area contributed by atoms with Gasteiger partial charge < -0.3 is 20.1 Å². The van der Waals surface area contributed by atoms with Crippen molar-refractivity contribution in [1.82, 2.24) is 0 Å². The minimum atomic E-state index is -0.294. The second-order valence-electron chi connectivity index (χ2n) is 6.76. The minimum absolute atomic E-state index is 0.164. The fourth-order valence-electron chi connectivity index (χ4n) is 2.81. The Morgan fingerprint density at radius 1 is 0.935 bits per heavy atom. The van der Waals surface area contributed by atoms with E-state index in [4.69, 9.17) is 44.3 Å². The largest absolute Gasteiger partial charge is 0.493 e. The number of nitrogens with one attached hydrogen (secondary N) is 2. The highest BCUT2D eigenvalue weighted by Crippen LogP contribution is 2.29. The third-order valence-electron chi connectivity index (χ3n) is 4.48. The van der Waals surface area contributed by atoms with Crippen LogP contribution >= 0.6 is 34.8 Å². The van der Waals surface area contributed by atoms with Crippen LogP contribution in [-0.4, -0.2) is 19.6 Å². The summed E-state index contributed by atoms with van der Waals surface area (Å²) < 4.78 is 11.1. The molecule has 5 nitrogen and oxygen atoms in total. The molecule has 3 rings (SSSR count). The van der Waals surface area contributed by atoms with Crippen molar-refractivity contribution >= 4 is 52.1 Å². The molecule has 0 unspecified atom stereocenters. The molecule has 162 valence electrons. The smallest absolute Gasteiger partial charge is 0.262 e. The quantitative estimate of drug-likeness (QED) is 0.382. The number of halogens is 3. The molecule has 31 heavy (non-hydrogen) atoms. The van der Waals surface area contributed by atoms with Crippen molar-refractivity contribution in [3.8, 4) is 11.5 Å². The summed E-state index contributed by atoms with van der Waals surface area (Å²) >= 11 is 18.0. The molecule has 3 aromatic carbocycles. The summed E-state index contributed by atoms with van der Waals surface area (Å²) in [5.41, 5.74) is 3.38. The van der Waals surface area contributed by atoms with Gasteiger partial charge in [-0.15, -0.1) is 0 Å². The molecule has 2 N–H and O–H groups in total. The summed E-state index contributed by atoms with van der Waals surface area (Å²) in [4.78, 5) is 12.3. The van der Waals surface area contributed by atoms with Crippen LogP contribution in [0, 0.1) is 6.92 Å². The summed E-state index contributed by atoms with van der Waals surface area (Å²) in [7, 11) is 1.55. The van der Waals surface area contributed by atoms with E-state index in [9.17, 15) is 4.79 Å². The normalized spacial score (nSPS) is 10.5. The summed E-state index contributed by atoms with van der Waals surface area (Å²) in [6, 6.07) is 16.2. The molecule has 0 atom stereocenters. The van der Waals surface area contributed by atoms with Crippen LogP contribution in [-0.2, 0) is 11.3 Å². The maximum absolute atomic E-state index is 12.3. The van der Waals surface area contributed by atoms with E-state index in [0.717, 1.165) is 16.8 Å². The first-order chi connectivity index (χ1) is 14.9. The van der Waals surface area contributed by atoms with E-state index in [1.807, 2.05) is 31.2 Å². The Morgan fingerprint density at radius 2 is 1.74 bits per heavy atom. The maximum atomic E-state index is 12.3.